The third kappa shape index (κ3) is 2.95. The van der Waals surface area contributed by atoms with E-state index in [2.05, 4.69) is 17.0 Å². The van der Waals surface area contributed by atoms with Crippen molar-refractivity contribution < 1.29 is 19.4 Å². The third-order valence-corrected chi connectivity index (χ3v) is 3.19. The molecule has 1 amide bonds. The van der Waals surface area contributed by atoms with Crippen LogP contribution in [0.15, 0.2) is 0 Å². The van der Waals surface area contributed by atoms with E-state index >= 15 is 0 Å². The van der Waals surface area contributed by atoms with Gasteiger partial charge in [-0.3, -0.25) is 4.79 Å². The molecule has 92 valence electrons. The highest BCUT2D eigenvalue weighted by Crippen LogP contribution is 2.32. The van der Waals surface area contributed by atoms with Crippen LogP contribution in [0.3, 0.4) is 0 Å². The van der Waals surface area contributed by atoms with E-state index in [1.54, 1.807) is 0 Å². The summed E-state index contributed by atoms with van der Waals surface area (Å²) in [5.41, 5.74) is -1.08. The number of carboxylic acid groups (broad SMARTS) is 1. The first-order chi connectivity index (χ1) is 7.50. The molecule has 1 aliphatic carbocycles. The van der Waals surface area contributed by atoms with E-state index in [1.165, 1.54) is 7.11 Å². The lowest BCUT2D eigenvalue weighted by Crippen LogP contribution is -2.57. The van der Waals surface area contributed by atoms with Crippen LogP contribution in [-0.2, 0) is 14.3 Å². The minimum absolute atomic E-state index is 0.0927. The highest BCUT2D eigenvalue weighted by atomic mass is 16.5. The smallest absolute Gasteiger partial charge is 0.329 e. The molecule has 1 rings (SSSR count). The summed E-state index contributed by atoms with van der Waals surface area (Å²) in [6, 6.07) is 0. The third-order valence-electron chi connectivity index (χ3n) is 3.19. The number of hydrogen-bond donors (Lipinski definition) is 2. The van der Waals surface area contributed by atoms with Gasteiger partial charge in [0.15, 0.2) is 0 Å². The summed E-state index contributed by atoms with van der Waals surface area (Å²) >= 11 is 0. The van der Waals surface area contributed by atoms with Crippen molar-refractivity contribution in [3.63, 3.8) is 0 Å². The maximum absolute atomic E-state index is 11.4. The Kier molecular flexibility index (Phi) is 4.29. The second-order valence-corrected chi connectivity index (χ2v) is 4.55. The zero-order valence-electron chi connectivity index (χ0n) is 9.78. The number of carboxylic acids is 1. The van der Waals surface area contributed by atoms with Crippen molar-refractivity contribution in [3.8, 4) is 0 Å². The van der Waals surface area contributed by atoms with Crippen molar-refractivity contribution >= 4 is 11.9 Å². The van der Waals surface area contributed by atoms with Crippen molar-refractivity contribution in [2.45, 2.75) is 38.1 Å². The Morgan fingerprint density at radius 2 is 2.00 bits per heavy atom. The lowest BCUT2D eigenvalue weighted by Gasteiger charge is -2.36. The monoisotopic (exact) mass is 229 g/mol. The summed E-state index contributed by atoms with van der Waals surface area (Å²) < 4.78 is 4.69. The molecule has 0 spiro atoms. The molecule has 0 bridgehead atoms. The second-order valence-electron chi connectivity index (χ2n) is 4.55. The molecule has 1 fully saturated rings. The van der Waals surface area contributed by atoms with Crippen LogP contribution in [0.2, 0.25) is 0 Å². The fraction of sp³-hybridized carbons (Fsp3) is 0.818. The topological polar surface area (TPSA) is 75.6 Å². The largest absolute Gasteiger partial charge is 0.480 e. The number of carbonyl (C=O) groups is 2. The predicted octanol–water partition coefficient (Wildman–Crippen LogP) is 0.782. The minimum atomic E-state index is -1.08. The van der Waals surface area contributed by atoms with E-state index in [4.69, 9.17) is 0 Å². The molecule has 0 aromatic rings. The van der Waals surface area contributed by atoms with E-state index < -0.39 is 11.5 Å². The van der Waals surface area contributed by atoms with Crippen LogP contribution in [0.25, 0.3) is 0 Å². The fourth-order valence-electron chi connectivity index (χ4n) is 2.08. The maximum atomic E-state index is 11.4. The first-order valence-electron chi connectivity index (χ1n) is 5.53. The molecule has 16 heavy (non-hydrogen) atoms. The summed E-state index contributed by atoms with van der Waals surface area (Å²) in [7, 11) is 1.41. The molecule has 0 atom stereocenters. The molecular formula is C11H19NO4. The molecule has 5 nitrogen and oxygen atoms in total. The normalized spacial score (nSPS) is 29.8. The lowest BCUT2D eigenvalue weighted by molar-refractivity contribution is -0.150. The van der Waals surface area contributed by atoms with E-state index in [1.807, 2.05) is 0 Å². The van der Waals surface area contributed by atoms with Gasteiger partial charge in [0.1, 0.15) is 12.1 Å². The van der Waals surface area contributed by atoms with Crippen LogP contribution in [0.5, 0.6) is 0 Å². The average molecular weight is 229 g/mol. The van der Waals surface area contributed by atoms with Crippen molar-refractivity contribution in [2.24, 2.45) is 5.92 Å². The van der Waals surface area contributed by atoms with Gasteiger partial charge < -0.3 is 15.2 Å². The van der Waals surface area contributed by atoms with Crippen LogP contribution in [-0.4, -0.2) is 36.2 Å². The summed E-state index contributed by atoms with van der Waals surface area (Å²) in [5, 5.41) is 11.8. The van der Waals surface area contributed by atoms with Crippen LogP contribution in [0, 0.1) is 5.92 Å². The Morgan fingerprint density at radius 3 is 2.44 bits per heavy atom. The zero-order chi connectivity index (χ0) is 12.2. The molecular weight excluding hydrogens is 210 g/mol. The molecule has 0 heterocycles. The number of aliphatic carboxylic acids is 1. The van der Waals surface area contributed by atoms with Gasteiger partial charge in [-0.05, 0) is 31.6 Å². The molecule has 1 saturated carbocycles. The molecule has 0 aromatic heterocycles. The standard InChI is InChI=1S/C11H19NO4/c1-8-3-5-11(6-4-8,10(14)15)12-9(13)7-16-2/h8H,3-7H2,1-2H3,(H,12,13)(H,14,15). The summed E-state index contributed by atoms with van der Waals surface area (Å²) in [4.78, 5) is 22.7. The van der Waals surface area contributed by atoms with E-state index in [0.29, 0.717) is 18.8 Å². The van der Waals surface area contributed by atoms with Gasteiger partial charge >= 0.3 is 5.97 Å². The quantitative estimate of drug-likeness (QED) is 0.747. The van der Waals surface area contributed by atoms with Gasteiger partial charge in [-0.15, -0.1) is 0 Å². The van der Waals surface area contributed by atoms with Gasteiger partial charge in [-0.1, -0.05) is 6.92 Å². The van der Waals surface area contributed by atoms with Crippen LogP contribution >= 0.6 is 0 Å². The van der Waals surface area contributed by atoms with Gasteiger partial charge in [0, 0.05) is 7.11 Å². The minimum Gasteiger partial charge on any atom is -0.480 e. The van der Waals surface area contributed by atoms with Crippen LogP contribution in [0.4, 0.5) is 0 Å². The Labute approximate surface area is 95.2 Å². The van der Waals surface area contributed by atoms with Gasteiger partial charge in [0.05, 0.1) is 0 Å². The Hall–Kier alpha value is -1.10. The molecule has 5 heteroatoms. The molecule has 0 unspecified atom stereocenters. The number of methoxy groups -OCH3 is 1. The predicted molar refractivity (Wildman–Crippen MR) is 58.0 cm³/mol. The summed E-state index contributed by atoms with van der Waals surface area (Å²) in [5.74, 6) is -0.768. The van der Waals surface area contributed by atoms with Crippen molar-refractivity contribution in [2.75, 3.05) is 13.7 Å². The first-order valence-corrected chi connectivity index (χ1v) is 5.53. The highest BCUT2D eigenvalue weighted by molar-refractivity contribution is 5.87. The van der Waals surface area contributed by atoms with Gasteiger partial charge in [-0.25, -0.2) is 4.79 Å². The number of ether oxygens (including phenoxy) is 1. The first kappa shape index (κ1) is 13.0. The maximum Gasteiger partial charge on any atom is 0.329 e. The Balaban J connectivity index is 2.66. The lowest BCUT2D eigenvalue weighted by atomic mass is 9.77. The van der Waals surface area contributed by atoms with Gasteiger partial charge in [-0.2, -0.15) is 0 Å². The number of hydrogen-bond acceptors (Lipinski definition) is 3. The van der Waals surface area contributed by atoms with E-state index in [0.717, 1.165) is 12.8 Å². The molecule has 0 saturated heterocycles. The number of carbonyl (C=O) groups excluding carboxylic acids is 1. The van der Waals surface area contributed by atoms with Crippen molar-refractivity contribution in [1.29, 1.82) is 0 Å². The Morgan fingerprint density at radius 1 is 1.44 bits per heavy atom. The van der Waals surface area contributed by atoms with E-state index in [9.17, 15) is 14.7 Å². The van der Waals surface area contributed by atoms with Crippen molar-refractivity contribution in [3.05, 3.63) is 0 Å². The van der Waals surface area contributed by atoms with Crippen LogP contribution in [0.1, 0.15) is 32.6 Å². The average Bonchev–Trinajstić information content (AvgIpc) is 2.22. The number of nitrogens with one attached hydrogen (secondary N) is 1. The van der Waals surface area contributed by atoms with Gasteiger partial charge in [0.25, 0.3) is 0 Å². The highest BCUT2D eigenvalue weighted by Gasteiger charge is 2.42. The van der Waals surface area contributed by atoms with Gasteiger partial charge in [0.2, 0.25) is 5.91 Å². The molecule has 0 aliphatic heterocycles. The second kappa shape index (κ2) is 5.30. The number of rotatable bonds is 4. The molecule has 2 N–H and O–H groups in total. The van der Waals surface area contributed by atoms with Crippen LogP contribution < -0.4 is 5.32 Å². The number of amides is 1. The summed E-state index contributed by atoms with van der Waals surface area (Å²) in [6.45, 7) is 2.01. The zero-order valence-corrected chi connectivity index (χ0v) is 9.78. The fourth-order valence-corrected chi connectivity index (χ4v) is 2.08. The Bertz CT molecular complexity index is 269. The summed E-state index contributed by atoms with van der Waals surface area (Å²) in [6.07, 6.45) is 2.66. The molecule has 0 aromatic carbocycles. The van der Waals surface area contributed by atoms with Crippen molar-refractivity contribution in [1.82, 2.24) is 5.32 Å². The SMILES string of the molecule is COCC(=O)NC1(C(=O)O)CCC(C)CC1. The van der Waals surface area contributed by atoms with E-state index in [-0.39, 0.29) is 12.5 Å². The molecule has 1 aliphatic rings. The molecule has 0 radical (unpaired) electrons.